The topological polar surface area (TPSA) is 157 Å². The number of quaternary nitrogens is 1. The minimum Gasteiger partial charge on any atom is -0.545 e. The molecule has 5 fully saturated rings. The molecule has 1 saturated heterocycles. The van der Waals surface area contributed by atoms with Crippen LogP contribution in [0.3, 0.4) is 0 Å². The highest BCUT2D eigenvalue weighted by atomic mass is 16.5. The van der Waals surface area contributed by atoms with E-state index in [1.54, 1.807) is 7.05 Å². The zero-order chi connectivity index (χ0) is 29.9. The Bertz CT molecular complexity index is 1130. The number of likely N-dealkylation sites (tertiary alicyclic amines) is 1. The first-order valence-electron chi connectivity index (χ1n) is 16.5. The van der Waals surface area contributed by atoms with Crippen molar-refractivity contribution in [3.05, 3.63) is 11.1 Å². The predicted molar refractivity (Wildman–Crippen MR) is 157 cm³/mol. The molecule has 2 bridgehead atoms. The van der Waals surface area contributed by atoms with Gasteiger partial charge in [-0.15, -0.1) is 0 Å². The van der Waals surface area contributed by atoms with E-state index in [0.717, 1.165) is 83.0 Å². The van der Waals surface area contributed by atoms with Crippen molar-refractivity contribution in [2.45, 2.75) is 88.9 Å². The van der Waals surface area contributed by atoms with Gasteiger partial charge in [-0.1, -0.05) is 12.5 Å². The maximum absolute atomic E-state index is 13.2. The highest BCUT2D eigenvalue weighted by Gasteiger charge is 2.83. The Labute approximate surface area is 250 Å². The summed E-state index contributed by atoms with van der Waals surface area (Å²) in [5.74, 6) is -0.361. The lowest BCUT2D eigenvalue weighted by Gasteiger charge is -2.70. The number of allylic oxidation sites excluding steroid dienone is 1. The Morgan fingerprint density at radius 3 is 2.76 bits per heavy atom. The van der Waals surface area contributed by atoms with Gasteiger partial charge in [0.25, 0.3) is 5.96 Å². The summed E-state index contributed by atoms with van der Waals surface area (Å²) in [5.41, 5.74) is 5.21. The van der Waals surface area contributed by atoms with Crippen LogP contribution in [0.2, 0.25) is 0 Å². The second-order valence-corrected chi connectivity index (χ2v) is 14.5. The summed E-state index contributed by atoms with van der Waals surface area (Å²) in [6, 6.07) is 0.380. The molecule has 10 nitrogen and oxygen atoms in total. The number of hydrogen-bond donors (Lipinski definition) is 6. The number of aliphatic carboxylic acids is 1. The number of aliphatic imine (C=N–C) groups is 1. The quantitative estimate of drug-likeness (QED) is 0.114. The lowest BCUT2D eigenvalue weighted by molar-refractivity contribution is -0.832. The first-order valence-corrected chi connectivity index (χ1v) is 16.5. The molecule has 6 rings (SSSR count). The van der Waals surface area contributed by atoms with Crippen molar-refractivity contribution in [3.63, 3.8) is 0 Å². The number of guanidine groups is 1. The monoisotopic (exact) mass is 587 g/mol. The Balaban J connectivity index is 1.48. The fourth-order valence-electron chi connectivity index (χ4n) is 12.0. The first kappa shape index (κ1) is 30.5. The first-order chi connectivity index (χ1) is 20.1. The van der Waals surface area contributed by atoms with Crippen LogP contribution in [0.1, 0.15) is 71.1 Å². The van der Waals surface area contributed by atoms with Crippen molar-refractivity contribution in [1.29, 1.82) is 0 Å². The number of piperidine rings is 1. The normalized spacial score (nSPS) is 46.5. The largest absolute Gasteiger partial charge is 0.545 e. The molecule has 0 radical (unpaired) electrons. The molecule has 1 aliphatic heterocycles. The summed E-state index contributed by atoms with van der Waals surface area (Å²) in [7, 11) is 3.73. The van der Waals surface area contributed by atoms with Gasteiger partial charge in [0, 0.05) is 60.3 Å². The highest BCUT2D eigenvalue weighted by Crippen LogP contribution is 2.83. The molecule has 0 aromatic carbocycles. The molecule has 7 N–H and O–H groups in total. The van der Waals surface area contributed by atoms with Crippen LogP contribution in [-0.2, 0) is 9.53 Å². The SMILES string of the molecule is CN=C(N)[NH+]1CC[C@]2(CNCCO)CC[C@H]3[C@@]45C(=C(C(=O)[O-])[C@@]3(O)CO[C@H]3CCC[C@@H](NC)C3)C[C@@H](CC[C@H]4C)[C@]25C1. The molecular formula is C32H53N5O5. The maximum Gasteiger partial charge on any atom is 0.293 e. The van der Waals surface area contributed by atoms with Gasteiger partial charge in [0.1, 0.15) is 5.60 Å². The van der Waals surface area contributed by atoms with E-state index in [4.69, 9.17) is 10.5 Å². The zero-order valence-corrected chi connectivity index (χ0v) is 25.8. The van der Waals surface area contributed by atoms with E-state index >= 15 is 0 Å². The fraction of sp³-hybridized carbons (Fsp3) is 0.875. The van der Waals surface area contributed by atoms with E-state index in [1.807, 2.05) is 7.05 Å². The number of nitrogens with one attached hydrogen (secondary N) is 3. The van der Waals surface area contributed by atoms with E-state index in [1.165, 1.54) is 4.90 Å². The smallest absolute Gasteiger partial charge is 0.293 e. The van der Waals surface area contributed by atoms with Crippen LogP contribution in [-0.4, -0.2) is 93.4 Å². The van der Waals surface area contributed by atoms with Crippen molar-refractivity contribution >= 4 is 11.9 Å². The number of hydrogen-bond acceptors (Lipinski definition) is 8. The van der Waals surface area contributed by atoms with Crippen LogP contribution in [0.15, 0.2) is 16.1 Å². The van der Waals surface area contributed by atoms with Gasteiger partial charge in [0.15, 0.2) is 0 Å². The van der Waals surface area contributed by atoms with Gasteiger partial charge in [-0.25, -0.2) is 4.99 Å². The van der Waals surface area contributed by atoms with Gasteiger partial charge in [-0.05, 0) is 76.7 Å². The fourth-order valence-corrected chi connectivity index (χ4v) is 12.0. The lowest BCUT2D eigenvalue weighted by Crippen LogP contribution is -3.19. The van der Waals surface area contributed by atoms with Gasteiger partial charge < -0.3 is 41.2 Å². The van der Waals surface area contributed by atoms with E-state index in [9.17, 15) is 20.1 Å². The number of aliphatic hydroxyl groups is 2. The van der Waals surface area contributed by atoms with Crippen molar-refractivity contribution in [2.24, 2.45) is 44.7 Å². The minimum atomic E-state index is -1.59. The molecule has 236 valence electrons. The van der Waals surface area contributed by atoms with Crippen molar-refractivity contribution in [3.8, 4) is 0 Å². The van der Waals surface area contributed by atoms with Crippen molar-refractivity contribution < 1.29 is 29.8 Å². The number of carboxylic acid groups (broad SMARTS) is 1. The van der Waals surface area contributed by atoms with Crippen LogP contribution in [0.25, 0.3) is 0 Å². The minimum absolute atomic E-state index is 0.00259. The van der Waals surface area contributed by atoms with Gasteiger partial charge in [0.2, 0.25) is 0 Å². The molecule has 4 saturated carbocycles. The van der Waals surface area contributed by atoms with E-state index < -0.39 is 17.0 Å². The number of carboxylic acids is 1. The lowest BCUT2D eigenvalue weighted by atomic mass is 9.34. The van der Waals surface area contributed by atoms with E-state index in [0.29, 0.717) is 30.9 Å². The molecule has 42 heavy (non-hydrogen) atoms. The summed E-state index contributed by atoms with van der Waals surface area (Å²) in [6.07, 6.45) is 9.31. The third-order valence-electron chi connectivity index (χ3n) is 13.4. The Kier molecular flexibility index (Phi) is 8.06. The molecule has 1 heterocycles. The Morgan fingerprint density at radius 1 is 1.24 bits per heavy atom. The molecule has 2 spiro atoms. The second kappa shape index (κ2) is 11.1. The van der Waals surface area contributed by atoms with Crippen LogP contribution in [0.5, 0.6) is 0 Å². The number of nitrogens with two attached hydrogens (primary N) is 1. The third-order valence-corrected chi connectivity index (χ3v) is 13.4. The summed E-state index contributed by atoms with van der Waals surface area (Å²) < 4.78 is 6.52. The van der Waals surface area contributed by atoms with Crippen molar-refractivity contribution in [1.82, 2.24) is 10.6 Å². The summed E-state index contributed by atoms with van der Waals surface area (Å²) in [5, 5.41) is 42.6. The van der Waals surface area contributed by atoms with E-state index in [-0.39, 0.29) is 47.6 Å². The molecule has 1 unspecified atom stereocenters. The van der Waals surface area contributed by atoms with Crippen molar-refractivity contribution in [2.75, 3.05) is 53.5 Å². The predicted octanol–water partition coefficient (Wildman–Crippen LogP) is -1.04. The number of aliphatic hydroxyl groups excluding tert-OH is 1. The Hall–Kier alpha value is -1.56. The molecule has 0 aromatic heterocycles. The number of rotatable bonds is 9. The van der Waals surface area contributed by atoms with Gasteiger partial charge in [-0.3, -0.25) is 4.90 Å². The molecule has 0 amide bonds. The molecule has 0 aromatic rings. The summed E-state index contributed by atoms with van der Waals surface area (Å²) in [4.78, 5) is 18.8. The molecule has 6 aliphatic rings. The number of carbonyl (C=O) groups is 1. The van der Waals surface area contributed by atoms with Gasteiger partial charge in [-0.2, -0.15) is 0 Å². The average Bonchev–Trinajstić information content (AvgIpc) is 3.33. The third kappa shape index (κ3) is 3.97. The highest BCUT2D eigenvalue weighted by molar-refractivity contribution is 5.90. The molecule has 5 aliphatic carbocycles. The second-order valence-electron chi connectivity index (χ2n) is 14.5. The average molecular weight is 588 g/mol. The molecule has 10 atom stereocenters. The summed E-state index contributed by atoms with van der Waals surface area (Å²) >= 11 is 0. The number of nitrogens with zero attached hydrogens (tertiary/aromatic N) is 1. The Morgan fingerprint density at radius 2 is 2.05 bits per heavy atom. The van der Waals surface area contributed by atoms with Crippen LogP contribution < -0.4 is 26.4 Å². The van der Waals surface area contributed by atoms with Crippen LogP contribution in [0.4, 0.5) is 0 Å². The summed E-state index contributed by atoms with van der Waals surface area (Å²) in [6.45, 7) is 5.36. The van der Waals surface area contributed by atoms with E-state index in [2.05, 4.69) is 22.5 Å². The van der Waals surface area contributed by atoms with Crippen LogP contribution in [0, 0.1) is 34.0 Å². The molecular weight excluding hydrogens is 534 g/mol. The number of carbonyl (C=O) groups excluding carboxylic acids is 1. The standard InChI is InChI=1S/C32H53N5O5/c1-20-7-8-21-15-24-26(27(39)40)30(41,19-42-23-6-4-5-22(16-23)34-2)25-9-10-29(17-36-12-14-38)11-13-37(28(33)35-3)18-31(21,29)32(20,24)25/h20-23,25,34,36,38,41H,4-19H2,1-3H3,(H2,33,35)(H,39,40)/t20-,21-,22-,23+,25-,29+,30-,31-,32+/m1/s1. The number of ether oxygens (including phenoxy) is 1. The zero-order valence-electron chi connectivity index (χ0n) is 25.8. The van der Waals surface area contributed by atoms with Crippen LogP contribution >= 0.6 is 0 Å². The van der Waals surface area contributed by atoms with Gasteiger partial charge in [0.05, 0.1) is 38.4 Å². The maximum atomic E-state index is 13.2. The van der Waals surface area contributed by atoms with Gasteiger partial charge >= 0.3 is 0 Å². The molecule has 10 heteroatoms.